The molecule has 2 rings (SSSR count). The average Bonchev–Trinajstić information content (AvgIpc) is 2.78. The third-order valence-electron chi connectivity index (χ3n) is 5.94. The molecular formula is C26H36ClN3O4S. The van der Waals surface area contributed by atoms with E-state index in [0.717, 1.165) is 28.1 Å². The monoisotopic (exact) mass is 521 g/mol. The quantitative estimate of drug-likeness (QED) is 0.473. The molecule has 2 aromatic rings. The van der Waals surface area contributed by atoms with Crippen LogP contribution in [0.25, 0.3) is 0 Å². The predicted octanol–water partition coefficient (Wildman–Crippen LogP) is 4.44. The van der Waals surface area contributed by atoms with Gasteiger partial charge in [-0.3, -0.25) is 13.9 Å². The van der Waals surface area contributed by atoms with Gasteiger partial charge >= 0.3 is 0 Å². The first-order valence-corrected chi connectivity index (χ1v) is 14.0. The minimum Gasteiger partial charge on any atom is -0.352 e. The number of benzene rings is 2. The van der Waals surface area contributed by atoms with E-state index in [1.807, 2.05) is 52.0 Å². The first-order chi connectivity index (χ1) is 16.4. The smallest absolute Gasteiger partial charge is 0.244 e. The number of carbonyl (C=O) groups excluding carboxylic acids is 2. The normalized spacial score (nSPS) is 13.1. The number of anilines is 1. The van der Waals surface area contributed by atoms with Gasteiger partial charge in [-0.15, -0.1) is 0 Å². The average molecular weight is 522 g/mol. The van der Waals surface area contributed by atoms with Crippen LogP contribution in [0.5, 0.6) is 0 Å². The maximum Gasteiger partial charge on any atom is 0.244 e. The minimum absolute atomic E-state index is 0.0471. The molecule has 0 aliphatic rings. The Morgan fingerprint density at radius 2 is 1.74 bits per heavy atom. The van der Waals surface area contributed by atoms with Crippen LogP contribution < -0.4 is 9.62 Å². The van der Waals surface area contributed by atoms with Gasteiger partial charge in [0.05, 0.1) is 11.9 Å². The maximum absolute atomic E-state index is 13.7. The van der Waals surface area contributed by atoms with Crippen molar-refractivity contribution in [1.29, 1.82) is 0 Å². The molecule has 0 saturated heterocycles. The van der Waals surface area contributed by atoms with E-state index in [0.29, 0.717) is 22.7 Å². The predicted molar refractivity (Wildman–Crippen MR) is 142 cm³/mol. The molecule has 0 bridgehead atoms. The molecule has 0 heterocycles. The highest BCUT2D eigenvalue weighted by Gasteiger charge is 2.32. The largest absolute Gasteiger partial charge is 0.352 e. The molecule has 0 fully saturated rings. The van der Waals surface area contributed by atoms with Crippen LogP contribution in [0, 0.1) is 13.8 Å². The number of aryl methyl sites for hydroxylation is 2. The molecule has 0 aliphatic heterocycles. The Hall–Kier alpha value is -2.58. The maximum atomic E-state index is 13.7. The van der Waals surface area contributed by atoms with Crippen molar-refractivity contribution in [3.63, 3.8) is 0 Å². The van der Waals surface area contributed by atoms with Gasteiger partial charge in [-0.2, -0.15) is 0 Å². The molecule has 7 nitrogen and oxygen atoms in total. The molecule has 192 valence electrons. The van der Waals surface area contributed by atoms with Gasteiger partial charge < -0.3 is 10.2 Å². The summed E-state index contributed by atoms with van der Waals surface area (Å²) in [4.78, 5) is 28.3. The van der Waals surface area contributed by atoms with Gasteiger partial charge in [-0.05, 0) is 56.9 Å². The molecular weight excluding hydrogens is 486 g/mol. The summed E-state index contributed by atoms with van der Waals surface area (Å²) in [7, 11) is -3.81. The fraction of sp³-hybridized carbons (Fsp3) is 0.462. The molecule has 0 spiro atoms. The van der Waals surface area contributed by atoms with E-state index < -0.39 is 28.5 Å². The number of nitrogens with one attached hydrogen (secondary N) is 1. The van der Waals surface area contributed by atoms with Crippen molar-refractivity contribution in [2.75, 3.05) is 17.1 Å². The van der Waals surface area contributed by atoms with Crippen LogP contribution >= 0.6 is 11.6 Å². The van der Waals surface area contributed by atoms with Crippen molar-refractivity contribution in [1.82, 2.24) is 10.2 Å². The number of halogens is 1. The lowest BCUT2D eigenvalue weighted by atomic mass is 10.1. The second kappa shape index (κ2) is 12.4. The van der Waals surface area contributed by atoms with Crippen LogP contribution in [0.2, 0.25) is 5.02 Å². The zero-order valence-electron chi connectivity index (χ0n) is 21.3. The Kier molecular flexibility index (Phi) is 10.2. The van der Waals surface area contributed by atoms with Crippen molar-refractivity contribution in [3.8, 4) is 0 Å². The van der Waals surface area contributed by atoms with Crippen LogP contribution in [0.1, 0.15) is 50.3 Å². The Morgan fingerprint density at radius 3 is 2.31 bits per heavy atom. The first-order valence-electron chi connectivity index (χ1n) is 11.8. The minimum atomic E-state index is -3.81. The molecule has 0 radical (unpaired) electrons. The third kappa shape index (κ3) is 7.97. The summed E-state index contributed by atoms with van der Waals surface area (Å²) in [5, 5.41) is 3.33. The van der Waals surface area contributed by atoms with Gasteiger partial charge in [0.1, 0.15) is 12.6 Å². The molecule has 0 aromatic heterocycles. The zero-order valence-corrected chi connectivity index (χ0v) is 22.9. The van der Waals surface area contributed by atoms with Gasteiger partial charge in [0.15, 0.2) is 0 Å². The summed E-state index contributed by atoms with van der Waals surface area (Å²) in [5.41, 5.74) is 2.89. The third-order valence-corrected chi connectivity index (χ3v) is 7.30. The van der Waals surface area contributed by atoms with Crippen molar-refractivity contribution in [3.05, 3.63) is 64.2 Å². The molecule has 0 saturated carbocycles. The van der Waals surface area contributed by atoms with Crippen LogP contribution in [0.3, 0.4) is 0 Å². The highest BCUT2D eigenvalue weighted by Crippen LogP contribution is 2.27. The summed E-state index contributed by atoms with van der Waals surface area (Å²) in [5.74, 6) is -0.727. The number of amides is 2. The van der Waals surface area contributed by atoms with Gasteiger partial charge in [0.25, 0.3) is 0 Å². The highest BCUT2D eigenvalue weighted by molar-refractivity contribution is 7.92. The fourth-order valence-corrected chi connectivity index (χ4v) is 4.88. The molecule has 9 heteroatoms. The second-order valence-electron chi connectivity index (χ2n) is 8.95. The molecule has 0 aliphatic carbocycles. The van der Waals surface area contributed by atoms with Crippen LogP contribution in [-0.4, -0.2) is 50.0 Å². The van der Waals surface area contributed by atoms with Crippen LogP contribution in [0.4, 0.5) is 5.69 Å². The Morgan fingerprint density at radius 1 is 1.06 bits per heavy atom. The summed E-state index contributed by atoms with van der Waals surface area (Å²) in [6, 6.07) is 11.8. The molecule has 2 aromatic carbocycles. The highest BCUT2D eigenvalue weighted by atomic mass is 35.5. The van der Waals surface area contributed by atoms with Crippen molar-refractivity contribution < 1.29 is 18.0 Å². The summed E-state index contributed by atoms with van der Waals surface area (Å²) in [6.45, 7) is 9.16. The van der Waals surface area contributed by atoms with Crippen molar-refractivity contribution in [2.24, 2.45) is 0 Å². The molecule has 2 atom stereocenters. The summed E-state index contributed by atoms with van der Waals surface area (Å²) in [6.07, 6.45) is 2.19. The van der Waals surface area contributed by atoms with Crippen LogP contribution in [0.15, 0.2) is 42.5 Å². The van der Waals surface area contributed by atoms with Gasteiger partial charge in [-0.25, -0.2) is 8.42 Å². The molecule has 35 heavy (non-hydrogen) atoms. The lowest BCUT2D eigenvalue weighted by Crippen LogP contribution is -2.53. The Labute approximate surface area is 214 Å². The van der Waals surface area contributed by atoms with E-state index in [-0.39, 0.29) is 18.5 Å². The summed E-state index contributed by atoms with van der Waals surface area (Å²) < 4.78 is 26.5. The zero-order chi connectivity index (χ0) is 26.3. The van der Waals surface area contributed by atoms with E-state index in [1.165, 1.54) is 11.0 Å². The standard InChI is InChI=1S/C26H36ClN3O4S/c1-7-20(5)28-26(32)23(8-2)29(16-21-11-9-10-18(3)14-21)25(31)17-30(35(6,33)34)24-15-22(27)13-12-19(24)4/h9-15,20,23H,7-8,16-17H2,1-6H3,(H,28,32)/t20-,23+/m0/s1. The van der Waals surface area contributed by atoms with Crippen molar-refractivity contribution in [2.45, 2.75) is 66.1 Å². The van der Waals surface area contributed by atoms with Gasteiger partial charge in [-0.1, -0.05) is 61.3 Å². The number of sulfonamides is 1. The topological polar surface area (TPSA) is 86.8 Å². The number of rotatable bonds is 11. The number of hydrogen-bond acceptors (Lipinski definition) is 4. The molecule has 2 amide bonds. The lowest BCUT2D eigenvalue weighted by Gasteiger charge is -2.33. The fourth-order valence-electron chi connectivity index (χ4n) is 3.81. The van der Waals surface area contributed by atoms with E-state index in [9.17, 15) is 18.0 Å². The first kappa shape index (κ1) is 28.7. The lowest BCUT2D eigenvalue weighted by molar-refractivity contribution is -0.140. The number of nitrogens with zero attached hydrogens (tertiary/aromatic N) is 2. The van der Waals surface area contributed by atoms with E-state index in [1.54, 1.807) is 19.1 Å². The van der Waals surface area contributed by atoms with E-state index in [2.05, 4.69) is 5.32 Å². The number of carbonyl (C=O) groups is 2. The second-order valence-corrected chi connectivity index (χ2v) is 11.3. The van der Waals surface area contributed by atoms with Gasteiger partial charge in [0, 0.05) is 17.6 Å². The van der Waals surface area contributed by atoms with Crippen LogP contribution in [-0.2, 0) is 26.2 Å². The van der Waals surface area contributed by atoms with E-state index >= 15 is 0 Å². The van der Waals surface area contributed by atoms with E-state index in [4.69, 9.17) is 11.6 Å². The molecule has 1 N–H and O–H groups in total. The Balaban J connectivity index is 2.49. The van der Waals surface area contributed by atoms with Crippen molar-refractivity contribution >= 4 is 39.1 Å². The number of hydrogen-bond donors (Lipinski definition) is 1. The van der Waals surface area contributed by atoms with Gasteiger partial charge in [0.2, 0.25) is 21.8 Å². The molecule has 0 unspecified atom stereocenters. The summed E-state index contributed by atoms with van der Waals surface area (Å²) >= 11 is 6.14. The Bertz CT molecular complexity index is 1150. The SMILES string of the molecule is CC[C@H](C(=O)N[C@@H](C)CC)N(Cc1cccc(C)c1)C(=O)CN(c1cc(Cl)ccc1C)S(C)(=O)=O.